The molecule has 4 rings (SSSR count). The maximum Gasteiger partial charge on any atom is 0.255 e. The van der Waals surface area contributed by atoms with Gasteiger partial charge in [0.25, 0.3) is 5.91 Å². The quantitative estimate of drug-likeness (QED) is 0.501. The van der Waals surface area contributed by atoms with Gasteiger partial charge in [0.1, 0.15) is 11.6 Å². The first-order chi connectivity index (χ1) is 14.0. The van der Waals surface area contributed by atoms with Crippen molar-refractivity contribution in [3.63, 3.8) is 0 Å². The van der Waals surface area contributed by atoms with Gasteiger partial charge in [-0.05, 0) is 66.7 Å². The number of hydrogen-bond acceptors (Lipinski definition) is 3. The van der Waals surface area contributed by atoms with Crippen LogP contribution < -0.4 is 5.32 Å². The van der Waals surface area contributed by atoms with Crippen LogP contribution in [0.5, 0.6) is 0 Å². The number of rotatable bonds is 4. The third kappa shape index (κ3) is 4.01. The van der Waals surface area contributed by atoms with E-state index in [0.717, 1.165) is 35.2 Å². The van der Waals surface area contributed by atoms with Gasteiger partial charge in [0.15, 0.2) is 5.78 Å². The predicted octanol–water partition coefficient (Wildman–Crippen LogP) is 5.00. The molecule has 142 valence electrons. The standard InChI is InChI=1S/C23H14F2N2O2/c24-18-6-3-14(4-7-18)23(29)27-20-12-17(11-19(25)13-20)22(28)16-5-8-21-15(10-16)2-1-9-26-21/h1-13H,(H,27,29). The number of nitrogens with zero attached hydrogens (tertiary/aromatic N) is 1. The van der Waals surface area contributed by atoms with E-state index in [4.69, 9.17) is 0 Å². The van der Waals surface area contributed by atoms with E-state index in [0.29, 0.717) is 5.56 Å². The van der Waals surface area contributed by atoms with Crippen molar-refractivity contribution in [2.24, 2.45) is 0 Å². The fourth-order valence-electron chi connectivity index (χ4n) is 2.98. The van der Waals surface area contributed by atoms with Gasteiger partial charge in [0.2, 0.25) is 0 Å². The number of fused-ring (bicyclic) bond motifs is 1. The molecule has 0 fully saturated rings. The summed E-state index contributed by atoms with van der Waals surface area (Å²) in [5.41, 5.74) is 1.57. The molecule has 1 amide bonds. The molecule has 0 spiro atoms. The molecule has 1 N–H and O–H groups in total. The normalized spacial score (nSPS) is 10.7. The fraction of sp³-hybridized carbons (Fsp3) is 0. The van der Waals surface area contributed by atoms with Crippen molar-refractivity contribution in [1.82, 2.24) is 4.98 Å². The zero-order valence-electron chi connectivity index (χ0n) is 15.0. The van der Waals surface area contributed by atoms with E-state index in [9.17, 15) is 18.4 Å². The number of hydrogen-bond donors (Lipinski definition) is 1. The average Bonchev–Trinajstić information content (AvgIpc) is 2.73. The predicted molar refractivity (Wildman–Crippen MR) is 106 cm³/mol. The minimum Gasteiger partial charge on any atom is -0.322 e. The number of nitrogens with one attached hydrogen (secondary N) is 1. The summed E-state index contributed by atoms with van der Waals surface area (Å²) in [6, 6.07) is 17.2. The van der Waals surface area contributed by atoms with E-state index in [1.54, 1.807) is 30.5 Å². The summed E-state index contributed by atoms with van der Waals surface area (Å²) in [6.07, 6.45) is 1.66. The van der Waals surface area contributed by atoms with E-state index >= 15 is 0 Å². The average molecular weight is 388 g/mol. The maximum atomic E-state index is 14.1. The van der Waals surface area contributed by atoms with Gasteiger partial charge in [-0.1, -0.05) is 6.07 Å². The number of benzene rings is 3. The van der Waals surface area contributed by atoms with Gasteiger partial charge in [-0.15, -0.1) is 0 Å². The van der Waals surface area contributed by atoms with Crippen LogP contribution in [-0.4, -0.2) is 16.7 Å². The second kappa shape index (κ2) is 7.59. The number of anilines is 1. The van der Waals surface area contributed by atoms with E-state index in [-0.39, 0.29) is 22.6 Å². The number of amides is 1. The van der Waals surface area contributed by atoms with Crippen LogP contribution >= 0.6 is 0 Å². The Balaban J connectivity index is 1.62. The smallest absolute Gasteiger partial charge is 0.255 e. The highest BCUT2D eigenvalue weighted by atomic mass is 19.1. The Morgan fingerprint density at radius 3 is 2.31 bits per heavy atom. The third-order valence-corrected chi connectivity index (χ3v) is 4.39. The van der Waals surface area contributed by atoms with Crippen LogP contribution in [0.2, 0.25) is 0 Å². The number of aromatic nitrogens is 1. The van der Waals surface area contributed by atoms with Crippen molar-refractivity contribution >= 4 is 28.3 Å². The second-order valence-electron chi connectivity index (χ2n) is 6.43. The van der Waals surface area contributed by atoms with Gasteiger partial charge >= 0.3 is 0 Å². The fourth-order valence-corrected chi connectivity index (χ4v) is 2.98. The SMILES string of the molecule is O=C(Nc1cc(F)cc(C(=O)c2ccc3ncccc3c2)c1)c1ccc(F)cc1. The molecule has 0 aliphatic rings. The van der Waals surface area contributed by atoms with Gasteiger partial charge in [0, 0.05) is 34.0 Å². The molecule has 3 aromatic carbocycles. The lowest BCUT2D eigenvalue weighted by Gasteiger charge is -2.09. The topological polar surface area (TPSA) is 59.1 Å². The number of carbonyl (C=O) groups is 2. The van der Waals surface area contributed by atoms with Crippen molar-refractivity contribution in [2.45, 2.75) is 0 Å². The van der Waals surface area contributed by atoms with Crippen molar-refractivity contribution in [3.8, 4) is 0 Å². The highest BCUT2D eigenvalue weighted by Crippen LogP contribution is 2.21. The van der Waals surface area contributed by atoms with Gasteiger partial charge in [-0.3, -0.25) is 14.6 Å². The van der Waals surface area contributed by atoms with Crippen LogP contribution in [0.4, 0.5) is 14.5 Å². The van der Waals surface area contributed by atoms with Crippen LogP contribution in [0.25, 0.3) is 10.9 Å². The Labute approximate surface area is 164 Å². The highest BCUT2D eigenvalue weighted by molar-refractivity contribution is 6.11. The van der Waals surface area contributed by atoms with Crippen molar-refractivity contribution in [2.75, 3.05) is 5.32 Å². The third-order valence-electron chi connectivity index (χ3n) is 4.39. The van der Waals surface area contributed by atoms with Crippen molar-refractivity contribution < 1.29 is 18.4 Å². The summed E-state index contributed by atoms with van der Waals surface area (Å²) >= 11 is 0. The van der Waals surface area contributed by atoms with Crippen LogP contribution in [-0.2, 0) is 0 Å². The lowest BCUT2D eigenvalue weighted by atomic mass is 10.0. The van der Waals surface area contributed by atoms with Crippen LogP contribution in [0.15, 0.2) is 79.0 Å². The Morgan fingerprint density at radius 2 is 1.52 bits per heavy atom. The summed E-state index contributed by atoms with van der Waals surface area (Å²) in [7, 11) is 0. The molecule has 0 atom stereocenters. The molecule has 4 nitrogen and oxygen atoms in total. The highest BCUT2D eigenvalue weighted by Gasteiger charge is 2.14. The Kier molecular flexibility index (Phi) is 4.83. The molecule has 0 bridgehead atoms. The molecular formula is C23H14F2N2O2. The molecule has 0 aliphatic carbocycles. The van der Waals surface area contributed by atoms with Gasteiger partial charge in [0.05, 0.1) is 5.52 Å². The molecule has 0 radical (unpaired) electrons. The molecule has 0 unspecified atom stereocenters. The molecule has 1 aromatic heterocycles. The molecule has 4 aromatic rings. The number of carbonyl (C=O) groups excluding carboxylic acids is 2. The molecule has 1 heterocycles. The lowest BCUT2D eigenvalue weighted by molar-refractivity contribution is 0.102. The Hall–Kier alpha value is -3.93. The second-order valence-corrected chi connectivity index (χ2v) is 6.43. The summed E-state index contributed by atoms with van der Waals surface area (Å²) < 4.78 is 27.1. The molecule has 6 heteroatoms. The van der Waals surface area contributed by atoms with E-state index in [2.05, 4.69) is 10.3 Å². The van der Waals surface area contributed by atoms with Gasteiger partial charge in [-0.25, -0.2) is 8.78 Å². The largest absolute Gasteiger partial charge is 0.322 e. The summed E-state index contributed by atoms with van der Waals surface area (Å²) in [6.45, 7) is 0. The summed E-state index contributed by atoms with van der Waals surface area (Å²) in [4.78, 5) is 29.3. The Morgan fingerprint density at radius 1 is 0.759 bits per heavy atom. The zero-order chi connectivity index (χ0) is 20.4. The lowest BCUT2D eigenvalue weighted by Crippen LogP contribution is -2.13. The number of halogens is 2. The first-order valence-corrected chi connectivity index (χ1v) is 8.76. The first kappa shape index (κ1) is 18.4. The van der Waals surface area contributed by atoms with Gasteiger partial charge in [-0.2, -0.15) is 0 Å². The molecule has 0 saturated heterocycles. The van der Waals surface area contributed by atoms with Crippen molar-refractivity contribution in [3.05, 3.63) is 107 Å². The summed E-state index contributed by atoms with van der Waals surface area (Å²) in [5, 5.41) is 3.32. The Bertz CT molecular complexity index is 1240. The van der Waals surface area contributed by atoms with E-state index in [1.165, 1.54) is 18.2 Å². The maximum absolute atomic E-state index is 14.1. The minimum absolute atomic E-state index is 0.0997. The number of ketones is 1. The monoisotopic (exact) mass is 388 g/mol. The van der Waals surface area contributed by atoms with E-state index < -0.39 is 17.5 Å². The van der Waals surface area contributed by atoms with Crippen LogP contribution in [0, 0.1) is 11.6 Å². The van der Waals surface area contributed by atoms with Crippen LogP contribution in [0.3, 0.4) is 0 Å². The molecular weight excluding hydrogens is 374 g/mol. The van der Waals surface area contributed by atoms with Crippen LogP contribution in [0.1, 0.15) is 26.3 Å². The first-order valence-electron chi connectivity index (χ1n) is 8.76. The minimum atomic E-state index is -0.660. The molecule has 0 aliphatic heterocycles. The van der Waals surface area contributed by atoms with E-state index in [1.807, 2.05) is 6.07 Å². The summed E-state index contributed by atoms with van der Waals surface area (Å²) in [5.74, 6) is -2.04. The molecule has 0 saturated carbocycles. The van der Waals surface area contributed by atoms with Crippen molar-refractivity contribution in [1.29, 1.82) is 0 Å². The zero-order valence-corrected chi connectivity index (χ0v) is 15.0. The number of pyridine rings is 1. The molecule has 29 heavy (non-hydrogen) atoms. The van der Waals surface area contributed by atoms with Gasteiger partial charge < -0.3 is 5.32 Å².